The van der Waals surface area contributed by atoms with Crippen LogP contribution in [0.15, 0.2) is 45.3 Å². The van der Waals surface area contributed by atoms with Crippen LogP contribution in [-0.2, 0) is 14.2 Å². The summed E-state index contributed by atoms with van der Waals surface area (Å²) in [6.45, 7) is 0.290. The molecule has 0 radical (unpaired) electrons. The summed E-state index contributed by atoms with van der Waals surface area (Å²) in [6.07, 6.45) is -2.28. The van der Waals surface area contributed by atoms with Gasteiger partial charge in [0, 0.05) is 12.7 Å². The highest BCUT2D eigenvalue weighted by molar-refractivity contribution is 6.52. The monoisotopic (exact) mass is 431 g/mol. The van der Waals surface area contributed by atoms with Crippen molar-refractivity contribution in [3.8, 4) is 0 Å². The average Bonchev–Trinajstić information content (AvgIpc) is 3.36. The van der Waals surface area contributed by atoms with E-state index in [0.29, 0.717) is 18.0 Å². The van der Waals surface area contributed by atoms with Crippen molar-refractivity contribution in [1.29, 1.82) is 0 Å². The molecule has 3 aliphatic rings. The van der Waals surface area contributed by atoms with E-state index in [9.17, 15) is 15.0 Å². The van der Waals surface area contributed by atoms with Crippen LogP contribution in [0.2, 0.25) is 0 Å². The number of rotatable bonds is 8. The van der Waals surface area contributed by atoms with Crippen molar-refractivity contribution in [1.82, 2.24) is 4.90 Å². The maximum absolute atomic E-state index is 13.1. The van der Waals surface area contributed by atoms with E-state index in [0.717, 1.165) is 0 Å². The molecule has 31 heavy (non-hydrogen) atoms. The Morgan fingerprint density at radius 1 is 1.35 bits per heavy atom. The summed E-state index contributed by atoms with van der Waals surface area (Å²) < 4.78 is 16.5. The van der Waals surface area contributed by atoms with Gasteiger partial charge in [0.15, 0.2) is 12.1 Å². The molecule has 1 aromatic rings. The number of ketones is 1. The Morgan fingerprint density at radius 2 is 2.13 bits per heavy atom. The van der Waals surface area contributed by atoms with Gasteiger partial charge >= 0.3 is 0 Å². The van der Waals surface area contributed by atoms with E-state index in [1.807, 2.05) is 0 Å². The number of amidine groups is 1. The number of aliphatic hydroxyl groups is 2. The second-order valence-corrected chi connectivity index (χ2v) is 7.34. The van der Waals surface area contributed by atoms with Gasteiger partial charge in [0.25, 0.3) is 0 Å². The quantitative estimate of drug-likeness (QED) is 0.342. The third kappa shape index (κ3) is 3.80. The molecule has 166 valence electrons. The van der Waals surface area contributed by atoms with Gasteiger partial charge in [-0.25, -0.2) is 9.98 Å². The molecule has 0 saturated carbocycles. The molecule has 0 aromatic heterocycles. The molecule has 11 nitrogen and oxygen atoms in total. The van der Waals surface area contributed by atoms with Crippen LogP contribution in [0.1, 0.15) is 10.4 Å². The van der Waals surface area contributed by atoms with Crippen LogP contribution in [0.25, 0.3) is 0 Å². The molecule has 1 saturated heterocycles. The van der Waals surface area contributed by atoms with Gasteiger partial charge in [-0.15, -0.1) is 0 Å². The largest absolute Gasteiger partial charge is 0.394 e. The van der Waals surface area contributed by atoms with Crippen LogP contribution in [0.4, 0.5) is 0 Å². The first-order chi connectivity index (χ1) is 15.0. The normalized spacial score (nSPS) is 32.1. The summed E-state index contributed by atoms with van der Waals surface area (Å²) >= 11 is 0. The summed E-state index contributed by atoms with van der Waals surface area (Å²) in [6, 6.07) is 8.59. The van der Waals surface area contributed by atoms with Crippen molar-refractivity contribution in [3.05, 3.63) is 35.9 Å². The van der Waals surface area contributed by atoms with E-state index >= 15 is 0 Å². The Morgan fingerprint density at radius 3 is 2.84 bits per heavy atom. The number of methoxy groups -OCH3 is 1. The molecule has 1 fully saturated rings. The fourth-order valence-corrected chi connectivity index (χ4v) is 3.86. The smallest absolute Gasteiger partial charge is 0.219 e. The Labute approximate surface area is 178 Å². The van der Waals surface area contributed by atoms with Crippen LogP contribution < -0.4 is 5.73 Å². The Hall–Kier alpha value is -2.54. The van der Waals surface area contributed by atoms with E-state index < -0.39 is 36.0 Å². The zero-order valence-electron chi connectivity index (χ0n) is 17.0. The molecule has 3 heterocycles. The van der Waals surface area contributed by atoms with Gasteiger partial charge in [0.05, 0.1) is 19.8 Å². The number of hydrogen-bond acceptors (Lipinski definition) is 11. The van der Waals surface area contributed by atoms with Crippen molar-refractivity contribution >= 4 is 23.7 Å². The van der Waals surface area contributed by atoms with Crippen molar-refractivity contribution in [2.75, 3.05) is 33.6 Å². The Balaban J connectivity index is 1.54. The summed E-state index contributed by atoms with van der Waals surface area (Å²) in [5.41, 5.74) is 5.27. The predicted octanol–water partition coefficient (Wildman–Crippen LogP) is -1.21. The number of nitrogens with two attached hydrogens (primary N) is 1. The average molecular weight is 431 g/mol. The summed E-state index contributed by atoms with van der Waals surface area (Å²) in [5.74, 6) is -0.126. The lowest BCUT2D eigenvalue weighted by Crippen LogP contribution is -2.59. The number of hydrogen-bond donors (Lipinski definition) is 3. The molecule has 11 heteroatoms. The minimum Gasteiger partial charge on any atom is -0.394 e. The van der Waals surface area contributed by atoms with Gasteiger partial charge in [-0.05, 0) is 0 Å². The number of aliphatic imine (C=N–C) groups is 3. The lowest BCUT2D eigenvalue weighted by Gasteiger charge is -2.31. The number of nitrogens with zero attached hydrogens (tertiary/aromatic N) is 4. The van der Waals surface area contributed by atoms with Crippen LogP contribution >= 0.6 is 0 Å². The maximum Gasteiger partial charge on any atom is 0.219 e. The highest BCUT2D eigenvalue weighted by atomic mass is 16.6. The number of carbonyl (C=O) groups excluding carboxylic acids is 1. The highest BCUT2D eigenvalue weighted by Gasteiger charge is 2.53. The van der Waals surface area contributed by atoms with Gasteiger partial charge in [-0.1, -0.05) is 30.3 Å². The molecular weight excluding hydrogens is 406 g/mol. The first-order valence-electron chi connectivity index (χ1n) is 9.88. The first-order valence-corrected chi connectivity index (χ1v) is 9.88. The van der Waals surface area contributed by atoms with Crippen LogP contribution in [0.3, 0.4) is 0 Å². The number of benzene rings is 1. The lowest BCUT2D eigenvalue weighted by atomic mass is 9.93. The molecule has 0 amide bonds. The fraction of sp³-hybridized carbons (Fsp3) is 0.500. The van der Waals surface area contributed by atoms with Gasteiger partial charge in [0.1, 0.15) is 37.0 Å². The zero-order chi connectivity index (χ0) is 22.0. The summed E-state index contributed by atoms with van der Waals surface area (Å²) in [7, 11) is 1.54. The van der Waals surface area contributed by atoms with Gasteiger partial charge in [-0.2, -0.15) is 0 Å². The molecule has 0 spiro atoms. The lowest BCUT2D eigenvalue weighted by molar-refractivity contribution is -0.0736. The second kappa shape index (κ2) is 8.91. The molecule has 1 unspecified atom stereocenters. The van der Waals surface area contributed by atoms with E-state index in [1.165, 1.54) is 6.34 Å². The van der Waals surface area contributed by atoms with Crippen LogP contribution in [0.5, 0.6) is 0 Å². The molecule has 0 bridgehead atoms. The van der Waals surface area contributed by atoms with E-state index in [-0.39, 0.29) is 25.6 Å². The molecule has 5 atom stereocenters. The minimum absolute atomic E-state index is 0.0587. The van der Waals surface area contributed by atoms with E-state index in [1.54, 1.807) is 42.3 Å². The van der Waals surface area contributed by atoms with Crippen LogP contribution in [-0.4, -0.2) is 103 Å². The first kappa shape index (κ1) is 21.7. The van der Waals surface area contributed by atoms with Crippen molar-refractivity contribution in [2.24, 2.45) is 20.7 Å². The predicted molar refractivity (Wildman–Crippen MR) is 111 cm³/mol. The van der Waals surface area contributed by atoms with Gasteiger partial charge in [-0.3, -0.25) is 15.5 Å². The number of carbonyl (C=O) groups is 1. The molecule has 4 rings (SSSR count). The van der Waals surface area contributed by atoms with Gasteiger partial charge in [0.2, 0.25) is 11.4 Å². The summed E-state index contributed by atoms with van der Waals surface area (Å²) in [5, 5.41) is 20.5. The third-order valence-electron chi connectivity index (χ3n) is 5.44. The number of aliphatic hydroxyl groups excluding tert-OH is 2. The zero-order valence-corrected chi connectivity index (χ0v) is 17.0. The SMILES string of the molecule is COCCO[C@H]1[C@@H](O)[C@H](N2CN=C3C2=NC=NC3(N)C(=O)c2ccccc2)O[C@@H]1CO. The van der Waals surface area contributed by atoms with Crippen LogP contribution in [0, 0.1) is 0 Å². The molecule has 1 aromatic carbocycles. The van der Waals surface area contributed by atoms with Crippen molar-refractivity contribution < 1.29 is 29.2 Å². The van der Waals surface area contributed by atoms with Crippen molar-refractivity contribution in [2.45, 2.75) is 30.2 Å². The fourth-order valence-electron chi connectivity index (χ4n) is 3.86. The van der Waals surface area contributed by atoms with Gasteiger partial charge < -0.3 is 29.3 Å². The summed E-state index contributed by atoms with van der Waals surface area (Å²) in [4.78, 5) is 27.5. The Kier molecular flexibility index (Phi) is 6.23. The molecule has 4 N–H and O–H groups in total. The minimum atomic E-state index is -1.73. The topological polar surface area (TPSA) is 152 Å². The maximum atomic E-state index is 13.1. The molecule has 0 aliphatic carbocycles. The number of fused-ring (bicyclic) bond motifs is 1. The Bertz CT molecular complexity index is 907. The highest BCUT2D eigenvalue weighted by Crippen LogP contribution is 2.31. The molecular formula is C20H25N5O6. The number of Topliss-reactive ketones (excluding diaryl/α,β-unsaturated/α-hetero) is 1. The van der Waals surface area contributed by atoms with Crippen molar-refractivity contribution in [3.63, 3.8) is 0 Å². The second-order valence-electron chi connectivity index (χ2n) is 7.34. The molecule has 3 aliphatic heterocycles. The third-order valence-corrected chi connectivity index (χ3v) is 5.44. The number of ether oxygens (including phenoxy) is 3. The van der Waals surface area contributed by atoms with E-state index in [2.05, 4.69) is 15.0 Å². The standard InChI is InChI=1S/C20H25N5O6/c1-29-7-8-30-15-13(9-26)31-19(14(15)27)25-11-23-16-18(25)22-10-24-20(16,21)17(28)12-5-3-2-4-6-12/h2-6,10,13-15,19,26-27H,7-9,11,21H2,1H3/t13-,14-,15-,19-,20?/m1/s1. The van der Waals surface area contributed by atoms with E-state index in [4.69, 9.17) is 19.9 Å².